The Balaban J connectivity index is 1.75. The van der Waals surface area contributed by atoms with Gasteiger partial charge in [-0.2, -0.15) is 31.8 Å². The Bertz CT molecular complexity index is 1460. The Kier molecular flexibility index (Phi) is 7.02. The van der Waals surface area contributed by atoms with Crippen molar-refractivity contribution in [2.45, 2.75) is 9.79 Å². The number of nitrogens with one attached hydrogen (secondary N) is 2. The van der Waals surface area contributed by atoms with E-state index < -0.39 is 30.0 Å². The van der Waals surface area contributed by atoms with E-state index in [2.05, 4.69) is 25.6 Å². The second-order valence-electron chi connectivity index (χ2n) is 7.53. The molecule has 0 radical (unpaired) electrons. The van der Waals surface area contributed by atoms with Gasteiger partial charge in [-0.3, -0.25) is 9.11 Å². The van der Waals surface area contributed by atoms with E-state index in [0.717, 1.165) is 6.07 Å². The van der Waals surface area contributed by atoms with E-state index in [9.17, 15) is 25.9 Å². The predicted octanol–water partition coefficient (Wildman–Crippen LogP) is 0.469. The summed E-state index contributed by atoms with van der Waals surface area (Å²) in [6.45, 7) is 3.00. The predicted molar refractivity (Wildman–Crippen MR) is 127 cm³/mol. The number of rotatable bonds is 8. The second kappa shape index (κ2) is 9.84. The highest BCUT2D eigenvalue weighted by Crippen LogP contribution is 2.30. The van der Waals surface area contributed by atoms with Crippen LogP contribution in [0.3, 0.4) is 0 Å². The number of morpholine rings is 1. The van der Waals surface area contributed by atoms with E-state index in [4.69, 9.17) is 10.5 Å². The molecule has 16 heteroatoms. The minimum Gasteiger partial charge on any atom is -0.378 e. The Morgan fingerprint density at radius 2 is 1.69 bits per heavy atom. The monoisotopic (exact) mass is 525 g/mol. The lowest BCUT2D eigenvalue weighted by atomic mass is 10.1. The highest BCUT2D eigenvalue weighted by Gasteiger charge is 2.21. The van der Waals surface area contributed by atoms with Gasteiger partial charge in [-0.25, -0.2) is 0 Å². The highest BCUT2D eigenvalue weighted by atomic mass is 32.2. The molecule has 0 bridgehead atoms. The maximum absolute atomic E-state index is 12.0. The minimum atomic E-state index is -4.82. The van der Waals surface area contributed by atoms with Gasteiger partial charge in [-0.15, -0.1) is 0 Å². The maximum Gasteiger partial charge on any atom is 0.295 e. The van der Waals surface area contributed by atoms with Crippen molar-refractivity contribution in [3.05, 3.63) is 30.3 Å². The third-order valence-corrected chi connectivity index (χ3v) is 6.79. The number of fused-ring (bicyclic) bond motifs is 1. The molecule has 1 saturated heterocycles. The molecule has 1 aromatic heterocycles. The number of aromatic nitrogens is 3. The van der Waals surface area contributed by atoms with Crippen LogP contribution in [0.15, 0.2) is 40.1 Å². The molecule has 0 aliphatic carbocycles. The maximum atomic E-state index is 12.0. The molecule has 2 heterocycles. The van der Waals surface area contributed by atoms with Crippen molar-refractivity contribution >= 4 is 54.5 Å². The fourth-order valence-corrected chi connectivity index (χ4v) is 4.80. The van der Waals surface area contributed by atoms with Crippen molar-refractivity contribution in [2.75, 3.05) is 54.9 Å². The highest BCUT2D eigenvalue weighted by molar-refractivity contribution is 7.86. The Labute approximate surface area is 201 Å². The molecule has 1 aliphatic rings. The molecule has 0 unspecified atom stereocenters. The third-order valence-electron chi connectivity index (χ3n) is 5.07. The van der Waals surface area contributed by atoms with Crippen LogP contribution in [0.5, 0.6) is 0 Å². The Hall–Kier alpha value is -3.15. The van der Waals surface area contributed by atoms with E-state index in [1.54, 1.807) is 0 Å². The fraction of sp³-hybridized carbons (Fsp3) is 0.316. The van der Waals surface area contributed by atoms with Gasteiger partial charge in [0.05, 0.1) is 18.1 Å². The van der Waals surface area contributed by atoms with Crippen molar-refractivity contribution in [3.63, 3.8) is 0 Å². The van der Waals surface area contributed by atoms with Crippen LogP contribution >= 0.6 is 0 Å². The first kappa shape index (κ1) is 25.0. The smallest absolute Gasteiger partial charge is 0.295 e. The summed E-state index contributed by atoms with van der Waals surface area (Å²) >= 11 is 0. The van der Waals surface area contributed by atoms with Gasteiger partial charge in [0.15, 0.2) is 0 Å². The largest absolute Gasteiger partial charge is 0.378 e. The van der Waals surface area contributed by atoms with E-state index >= 15 is 0 Å². The molecule has 2 aromatic carbocycles. The summed E-state index contributed by atoms with van der Waals surface area (Å²) in [5.41, 5.74) is 5.91. The minimum absolute atomic E-state index is 0.0221. The van der Waals surface area contributed by atoms with E-state index in [1.807, 2.05) is 4.90 Å². The second-order valence-corrected chi connectivity index (χ2v) is 10.3. The SMILES string of the molecule is NCCNc1nc(Nc2ccc3cc(S(=O)(=O)O)cc(S(=O)(=O)O)c3c2)nc(N2CCOCC2)n1. The number of hydrogen-bond acceptors (Lipinski definition) is 12. The summed E-state index contributed by atoms with van der Waals surface area (Å²) < 4.78 is 71.4. The number of anilines is 4. The van der Waals surface area contributed by atoms with Gasteiger partial charge in [0.25, 0.3) is 20.2 Å². The van der Waals surface area contributed by atoms with Crippen LogP contribution in [0.4, 0.5) is 23.5 Å². The number of hydrogen-bond donors (Lipinski definition) is 5. The number of ether oxygens (including phenoxy) is 1. The molecule has 3 aromatic rings. The zero-order valence-corrected chi connectivity index (χ0v) is 19.9. The normalized spacial score (nSPS) is 14.8. The average molecular weight is 526 g/mol. The van der Waals surface area contributed by atoms with Gasteiger partial charge >= 0.3 is 0 Å². The first-order valence-electron chi connectivity index (χ1n) is 10.4. The third kappa shape index (κ3) is 5.92. The summed E-state index contributed by atoms with van der Waals surface area (Å²) in [7, 11) is -9.54. The van der Waals surface area contributed by atoms with E-state index in [0.29, 0.717) is 57.1 Å². The number of nitrogens with zero attached hydrogens (tertiary/aromatic N) is 4. The number of benzene rings is 2. The van der Waals surface area contributed by atoms with Crippen molar-refractivity contribution in [3.8, 4) is 0 Å². The summed E-state index contributed by atoms with van der Waals surface area (Å²) in [6, 6.07) is 6.13. The lowest BCUT2D eigenvalue weighted by Crippen LogP contribution is -2.37. The van der Waals surface area contributed by atoms with E-state index in [-0.39, 0.29) is 22.7 Å². The zero-order valence-electron chi connectivity index (χ0n) is 18.2. The van der Waals surface area contributed by atoms with E-state index in [1.165, 1.54) is 18.2 Å². The van der Waals surface area contributed by atoms with Crippen molar-refractivity contribution in [1.82, 2.24) is 15.0 Å². The molecule has 1 fully saturated rings. The van der Waals surface area contributed by atoms with Gasteiger partial charge < -0.3 is 26.0 Å². The van der Waals surface area contributed by atoms with Crippen LogP contribution in [0.25, 0.3) is 10.8 Å². The molecule has 14 nitrogen and oxygen atoms in total. The molecule has 6 N–H and O–H groups in total. The topological polar surface area (TPSA) is 210 Å². The number of nitrogens with two attached hydrogens (primary N) is 1. The van der Waals surface area contributed by atoms with Crippen LogP contribution in [-0.2, 0) is 25.0 Å². The van der Waals surface area contributed by atoms with Gasteiger partial charge in [0.2, 0.25) is 17.8 Å². The van der Waals surface area contributed by atoms with Crippen LogP contribution in [-0.4, -0.2) is 80.3 Å². The van der Waals surface area contributed by atoms with Gasteiger partial charge in [-0.1, -0.05) is 6.07 Å². The van der Waals surface area contributed by atoms with Crippen LogP contribution in [0.1, 0.15) is 0 Å². The lowest BCUT2D eigenvalue weighted by Gasteiger charge is -2.27. The molecule has 0 atom stereocenters. The van der Waals surface area contributed by atoms with Crippen LogP contribution in [0.2, 0.25) is 0 Å². The summed E-state index contributed by atoms with van der Waals surface area (Å²) in [6.07, 6.45) is 0. The molecule has 0 saturated carbocycles. The van der Waals surface area contributed by atoms with Gasteiger partial charge in [0, 0.05) is 37.3 Å². The van der Waals surface area contributed by atoms with Crippen molar-refractivity contribution in [1.29, 1.82) is 0 Å². The molecular weight excluding hydrogens is 502 g/mol. The van der Waals surface area contributed by atoms with Crippen molar-refractivity contribution < 1.29 is 30.7 Å². The van der Waals surface area contributed by atoms with Crippen molar-refractivity contribution in [2.24, 2.45) is 5.73 Å². The Morgan fingerprint density at radius 3 is 2.34 bits per heavy atom. The van der Waals surface area contributed by atoms with Gasteiger partial charge in [0.1, 0.15) is 4.90 Å². The molecule has 188 valence electrons. The lowest BCUT2D eigenvalue weighted by molar-refractivity contribution is 0.122. The zero-order chi connectivity index (χ0) is 25.2. The van der Waals surface area contributed by atoms with Crippen LogP contribution in [0, 0.1) is 0 Å². The molecule has 4 rings (SSSR count). The van der Waals surface area contributed by atoms with Crippen LogP contribution < -0.4 is 21.3 Å². The molecule has 0 spiro atoms. The first-order valence-corrected chi connectivity index (χ1v) is 13.2. The summed E-state index contributed by atoms with van der Waals surface area (Å²) in [4.78, 5) is 13.8. The molecule has 0 amide bonds. The summed E-state index contributed by atoms with van der Waals surface area (Å²) in [5, 5.41) is 6.16. The molecular formula is C19H23N7O7S2. The average Bonchev–Trinajstić information content (AvgIpc) is 2.81. The fourth-order valence-electron chi connectivity index (χ4n) is 3.46. The van der Waals surface area contributed by atoms with Gasteiger partial charge in [-0.05, 0) is 29.7 Å². The first-order chi connectivity index (χ1) is 16.5. The standard InChI is InChI=1S/C19H23N7O7S2/c20-3-4-21-17-23-18(25-19(24-17)26-5-7-33-8-6-26)22-13-2-1-12-9-14(34(27,28)29)11-16(15(12)10-13)35(30,31)32/h1-2,9-11H,3-8,20H2,(H,27,28,29)(H,30,31,32)(H2,21,22,23,24,25). The molecule has 35 heavy (non-hydrogen) atoms. The summed E-state index contributed by atoms with van der Waals surface area (Å²) in [5.74, 6) is 0.845. The molecule has 1 aliphatic heterocycles. The Morgan fingerprint density at radius 1 is 0.971 bits per heavy atom. The quantitative estimate of drug-likeness (QED) is 0.253.